The molecule has 4 aromatic carbocycles. The Morgan fingerprint density at radius 3 is 1.91 bits per heavy atom. The lowest BCUT2D eigenvalue weighted by atomic mass is 10.0. The molecule has 0 amide bonds. The molecular weight excluding hydrogens is 582 g/mol. The lowest BCUT2D eigenvalue weighted by Crippen LogP contribution is -2.34. The van der Waals surface area contributed by atoms with Gasteiger partial charge in [0.2, 0.25) is 0 Å². The highest BCUT2D eigenvalue weighted by Crippen LogP contribution is 2.44. The minimum atomic E-state index is -5.82. The first kappa shape index (κ1) is 31.8. The van der Waals surface area contributed by atoms with Gasteiger partial charge in [-0.05, 0) is 65.6 Å². The molecule has 0 heterocycles. The number of hydrogen-bond acceptors (Lipinski definition) is 3. The molecule has 0 aliphatic rings. The largest absolute Gasteiger partial charge is 0.458 e. The molecule has 4 aromatic rings. The van der Waals surface area contributed by atoms with E-state index in [0.717, 1.165) is 36.2 Å². The van der Waals surface area contributed by atoms with Gasteiger partial charge >= 0.3 is 18.3 Å². The van der Waals surface area contributed by atoms with E-state index >= 15 is 0 Å². The van der Waals surface area contributed by atoms with Crippen molar-refractivity contribution in [2.24, 2.45) is 0 Å². The fourth-order valence-electron chi connectivity index (χ4n) is 4.58. The summed E-state index contributed by atoms with van der Waals surface area (Å²) < 4.78 is 113. The van der Waals surface area contributed by atoms with Crippen LogP contribution in [0.1, 0.15) is 40.8 Å². The number of aryl methyl sites for hydroxylation is 1. The maximum Gasteiger partial charge on any atom is 0.458 e. The summed E-state index contributed by atoms with van der Waals surface area (Å²) in [5.74, 6) is -4.22. The Balaban J connectivity index is 1.76. The molecule has 3 nitrogen and oxygen atoms in total. The third kappa shape index (κ3) is 7.45. The van der Waals surface area contributed by atoms with Crippen LogP contribution in [0.25, 0.3) is 0 Å². The fourth-order valence-corrected chi connectivity index (χ4v) is 4.58. The molecule has 0 aromatic heterocycles. The van der Waals surface area contributed by atoms with E-state index in [1.165, 1.54) is 23.1 Å². The second-order valence-electron chi connectivity index (χ2n) is 9.82. The molecule has 1 N–H and O–H groups in total. The number of aliphatic hydroxyl groups is 1. The average molecular weight is 610 g/mol. The predicted molar refractivity (Wildman–Crippen MR) is 146 cm³/mol. The van der Waals surface area contributed by atoms with Crippen LogP contribution in [0.4, 0.5) is 40.8 Å². The zero-order valence-electron chi connectivity index (χ0n) is 22.8. The van der Waals surface area contributed by atoms with Gasteiger partial charge in [-0.2, -0.15) is 35.1 Å². The summed E-state index contributed by atoms with van der Waals surface area (Å²) in [6.07, 6.45) is -9.65. The summed E-state index contributed by atoms with van der Waals surface area (Å²) in [5.41, 5.74) is -0.473. The Bertz CT molecular complexity index is 1520. The molecule has 0 saturated heterocycles. The van der Waals surface area contributed by atoms with Crippen molar-refractivity contribution < 1.29 is 45.0 Å². The van der Waals surface area contributed by atoms with E-state index in [9.17, 15) is 40.2 Å². The number of ether oxygens (including phenoxy) is 1. The SMILES string of the molecule is CCc1cccc(Oc2cccc(N(Cc3cccc(C(F)(F)C(F)(F)F)c3)C(CO)c3ccc(C(F)(F)F)cc3)c2)c1. The number of alkyl halides is 8. The number of anilines is 1. The molecule has 0 fully saturated rings. The first-order chi connectivity index (χ1) is 20.2. The number of benzene rings is 4. The highest BCUT2D eigenvalue weighted by atomic mass is 19.4. The van der Waals surface area contributed by atoms with Crippen molar-refractivity contribution in [2.75, 3.05) is 11.5 Å². The summed E-state index contributed by atoms with van der Waals surface area (Å²) >= 11 is 0. The molecule has 0 spiro atoms. The van der Waals surface area contributed by atoms with E-state index in [2.05, 4.69) is 0 Å². The third-order valence-electron chi connectivity index (χ3n) is 6.86. The lowest BCUT2D eigenvalue weighted by molar-refractivity contribution is -0.289. The summed E-state index contributed by atoms with van der Waals surface area (Å²) in [6.45, 7) is 1.09. The molecule has 43 heavy (non-hydrogen) atoms. The van der Waals surface area contributed by atoms with Crippen LogP contribution in [0.5, 0.6) is 11.5 Å². The Labute approximate surface area is 243 Å². The van der Waals surface area contributed by atoms with E-state index in [0.29, 0.717) is 23.3 Å². The topological polar surface area (TPSA) is 32.7 Å². The van der Waals surface area contributed by atoms with Crippen molar-refractivity contribution in [1.29, 1.82) is 0 Å². The predicted octanol–water partition coefficient (Wildman–Crippen LogP) is 9.45. The Morgan fingerprint density at radius 1 is 0.698 bits per heavy atom. The molecule has 0 aliphatic carbocycles. The number of nitrogens with zero attached hydrogens (tertiary/aromatic N) is 1. The molecule has 0 bridgehead atoms. The van der Waals surface area contributed by atoms with E-state index < -0.39 is 42.1 Å². The zero-order valence-corrected chi connectivity index (χ0v) is 22.8. The molecule has 0 radical (unpaired) electrons. The third-order valence-corrected chi connectivity index (χ3v) is 6.86. The summed E-state index contributed by atoms with van der Waals surface area (Å²) in [6, 6.07) is 20.6. The summed E-state index contributed by atoms with van der Waals surface area (Å²) in [5, 5.41) is 10.4. The normalized spacial score (nSPS) is 13.1. The number of rotatable bonds is 10. The Morgan fingerprint density at radius 2 is 1.30 bits per heavy atom. The highest BCUT2D eigenvalue weighted by molar-refractivity contribution is 5.54. The Kier molecular flexibility index (Phi) is 9.34. The first-order valence-corrected chi connectivity index (χ1v) is 13.2. The summed E-state index contributed by atoms with van der Waals surface area (Å²) in [4.78, 5) is 1.50. The van der Waals surface area contributed by atoms with Crippen molar-refractivity contribution in [3.8, 4) is 11.5 Å². The maximum atomic E-state index is 14.2. The smallest absolute Gasteiger partial charge is 0.457 e. The zero-order chi connectivity index (χ0) is 31.4. The van der Waals surface area contributed by atoms with Gasteiger partial charge in [0.15, 0.2) is 0 Å². The van der Waals surface area contributed by atoms with Gasteiger partial charge in [-0.25, -0.2) is 0 Å². The van der Waals surface area contributed by atoms with Crippen LogP contribution in [0.2, 0.25) is 0 Å². The van der Waals surface area contributed by atoms with Crippen molar-refractivity contribution in [3.05, 3.63) is 125 Å². The molecule has 11 heteroatoms. The van der Waals surface area contributed by atoms with Gasteiger partial charge in [-0.1, -0.05) is 55.5 Å². The molecule has 0 saturated carbocycles. The van der Waals surface area contributed by atoms with Gasteiger partial charge in [-0.15, -0.1) is 0 Å². The van der Waals surface area contributed by atoms with Gasteiger partial charge in [0.1, 0.15) is 11.5 Å². The van der Waals surface area contributed by atoms with E-state index in [1.54, 1.807) is 30.3 Å². The van der Waals surface area contributed by atoms with Gasteiger partial charge in [0.25, 0.3) is 0 Å². The molecule has 4 rings (SSSR count). The number of aliphatic hydroxyl groups excluding tert-OH is 1. The van der Waals surface area contributed by atoms with Crippen molar-refractivity contribution in [1.82, 2.24) is 0 Å². The van der Waals surface area contributed by atoms with E-state index in [-0.39, 0.29) is 17.7 Å². The monoisotopic (exact) mass is 609 g/mol. The average Bonchev–Trinajstić information content (AvgIpc) is 2.96. The summed E-state index contributed by atoms with van der Waals surface area (Å²) in [7, 11) is 0. The van der Waals surface area contributed by atoms with Crippen LogP contribution in [-0.4, -0.2) is 17.9 Å². The quantitative estimate of drug-likeness (QED) is 0.182. The highest BCUT2D eigenvalue weighted by Gasteiger charge is 2.58. The molecular formula is C32H27F8NO2. The minimum absolute atomic E-state index is 0.0498. The second-order valence-corrected chi connectivity index (χ2v) is 9.82. The first-order valence-electron chi connectivity index (χ1n) is 13.2. The number of hydrogen-bond donors (Lipinski definition) is 1. The van der Waals surface area contributed by atoms with Crippen LogP contribution >= 0.6 is 0 Å². The Hall–Kier alpha value is -4.12. The van der Waals surface area contributed by atoms with Crippen molar-refractivity contribution in [2.45, 2.75) is 44.2 Å². The van der Waals surface area contributed by atoms with Crippen LogP contribution in [0, 0.1) is 0 Å². The van der Waals surface area contributed by atoms with Crippen LogP contribution in [0.15, 0.2) is 97.1 Å². The van der Waals surface area contributed by atoms with Crippen molar-refractivity contribution >= 4 is 5.69 Å². The van der Waals surface area contributed by atoms with E-state index in [1.807, 2.05) is 25.1 Å². The molecule has 1 atom stereocenters. The standard InChI is InChI=1S/C32H27F8NO2/c1-2-21-6-4-10-27(17-21)43-28-11-5-9-26(18-28)41(29(20-42)23-12-14-24(15-13-23)31(35,36)37)19-22-7-3-8-25(16-22)30(33,34)32(38,39)40/h3-18,29,42H,2,19-20H2,1H3. The van der Waals surface area contributed by atoms with Gasteiger partial charge in [0.05, 0.1) is 18.2 Å². The molecule has 0 aliphatic heterocycles. The van der Waals surface area contributed by atoms with Gasteiger partial charge < -0.3 is 14.7 Å². The fraction of sp³-hybridized carbons (Fsp3) is 0.250. The molecule has 1 unspecified atom stereocenters. The van der Waals surface area contributed by atoms with Crippen LogP contribution in [-0.2, 0) is 25.1 Å². The molecule has 228 valence electrons. The number of halogens is 8. The van der Waals surface area contributed by atoms with E-state index in [4.69, 9.17) is 4.74 Å². The lowest BCUT2D eigenvalue weighted by Gasteiger charge is -2.34. The maximum absolute atomic E-state index is 14.2. The van der Waals surface area contributed by atoms with Gasteiger partial charge in [0, 0.05) is 23.9 Å². The van der Waals surface area contributed by atoms with Gasteiger partial charge in [-0.3, -0.25) is 0 Å². The minimum Gasteiger partial charge on any atom is -0.457 e. The van der Waals surface area contributed by atoms with Crippen LogP contribution in [0.3, 0.4) is 0 Å². The van der Waals surface area contributed by atoms with Crippen LogP contribution < -0.4 is 9.64 Å². The van der Waals surface area contributed by atoms with Crippen molar-refractivity contribution in [3.63, 3.8) is 0 Å². The second kappa shape index (κ2) is 12.6.